The molecule has 0 radical (unpaired) electrons. The first-order valence-electron chi connectivity index (χ1n) is 6.46. The van der Waals surface area contributed by atoms with Crippen molar-refractivity contribution in [2.45, 2.75) is 31.8 Å². The van der Waals surface area contributed by atoms with Crippen molar-refractivity contribution in [2.75, 3.05) is 13.7 Å². The third kappa shape index (κ3) is 2.92. The molecule has 2 amide bonds. The smallest absolute Gasteiger partial charge is 0.317 e. The summed E-state index contributed by atoms with van der Waals surface area (Å²) in [6.07, 6.45) is 1.89. The Labute approximate surface area is 121 Å². The van der Waals surface area contributed by atoms with E-state index in [2.05, 4.69) is 27.3 Å². The highest BCUT2D eigenvalue weighted by Gasteiger charge is 2.27. The van der Waals surface area contributed by atoms with E-state index in [1.54, 1.807) is 7.05 Å². The fourth-order valence-electron chi connectivity index (χ4n) is 2.33. The van der Waals surface area contributed by atoms with Gasteiger partial charge in [0.05, 0.1) is 18.7 Å². The van der Waals surface area contributed by atoms with Gasteiger partial charge in [-0.15, -0.1) is 0 Å². The molecule has 1 aliphatic carbocycles. The minimum Gasteiger partial charge on any atom is -0.394 e. The van der Waals surface area contributed by atoms with Crippen LogP contribution < -0.4 is 5.32 Å². The third-order valence-electron chi connectivity index (χ3n) is 3.76. The molecule has 1 aromatic rings. The highest BCUT2D eigenvalue weighted by molar-refractivity contribution is 9.10. The Balaban J connectivity index is 2.07. The van der Waals surface area contributed by atoms with Crippen LogP contribution in [0.1, 0.15) is 30.5 Å². The van der Waals surface area contributed by atoms with Crippen molar-refractivity contribution in [2.24, 2.45) is 0 Å². The van der Waals surface area contributed by atoms with E-state index in [1.165, 1.54) is 16.0 Å². The quantitative estimate of drug-likeness (QED) is 0.896. The number of rotatable bonds is 3. The number of carbonyl (C=O) groups is 1. The van der Waals surface area contributed by atoms with Crippen molar-refractivity contribution in [3.63, 3.8) is 0 Å². The summed E-state index contributed by atoms with van der Waals surface area (Å²) in [6, 6.07) is 5.83. The maximum atomic E-state index is 12.1. The topological polar surface area (TPSA) is 52.6 Å². The van der Waals surface area contributed by atoms with Gasteiger partial charge >= 0.3 is 6.03 Å². The van der Waals surface area contributed by atoms with Crippen LogP contribution in [0.2, 0.25) is 0 Å². The van der Waals surface area contributed by atoms with Gasteiger partial charge in [-0.05, 0) is 37.0 Å². The lowest BCUT2D eigenvalue weighted by molar-refractivity contribution is 0.155. The van der Waals surface area contributed by atoms with Crippen molar-refractivity contribution >= 4 is 22.0 Å². The molecule has 0 spiro atoms. The summed E-state index contributed by atoms with van der Waals surface area (Å²) < 4.78 is 1.11. The summed E-state index contributed by atoms with van der Waals surface area (Å²) >= 11 is 3.55. The van der Waals surface area contributed by atoms with Gasteiger partial charge in [0.2, 0.25) is 0 Å². The molecule has 5 heteroatoms. The first kappa shape index (κ1) is 14.3. The Bertz CT molecular complexity index is 479. The van der Waals surface area contributed by atoms with Gasteiger partial charge in [-0.1, -0.05) is 28.1 Å². The highest BCUT2D eigenvalue weighted by atomic mass is 79.9. The summed E-state index contributed by atoms with van der Waals surface area (Å²) in [6.45, 7) is 1.79. The first-order chi connectivity index (χ1) is 9.04. The second kappa shape index (κ2) is 5.92. The molecule has 0 saturated heterocycles. The number of aliphatic hydroxyl groups excluding tert-OH is 1. The Morgan fingerprint density at radius 3 is 3.05 bits per heavy atom. The molecule has 4 nitrogen and oxygen atoms in total. The van der Waals surface area contributed by atoms with Crippen molar-refractivity contribution in [3.05, 3.63) is 33.8 Å². The lowest BCUT2D eigenvalue weighted by Crippen LogP contribution is -2.44. The van der Waals surface area contributed by atoms with E-state index in [0.29, 0.717) is 0 Å². The average Bonchev–Trinajstić information content (AvgIpc) is 2.81. The number of nitrogens with zero attached hydrogens (tertiary/aromatic N) is 1. The molecule has 19 heavy (non-hydrogen) atoms. The van der Waals surface area contributed by atoms with Crippen LogP contribution in [0.4, 0.5) is 4.79 Å². The number of benzene rings is 1. The maximum Gasteiger partial charge on any atom is 0.317 e. The first-order valence-corrected chi connectivity index (χ1v) is 7.25. The number of likely N-dealkylation sites (N-methyl/N-ethyl adjacent to an activating group) is 1. The zero-order valence-corrected chi connectivity index (χ0v) is 12.8. The van der Waals surface area contributed by atoms with Gasteiger partial charge in [0, 0.05) is 11.5 Å². The van der Waals surface area contributed by atoms with Gasteiger partial charge in [-0.25, -0.2) is 4.79 Å². The minimum atomic E-state index is -0.177. The van der Waals surface area contributed by atoms with Gasteiger partial charge in [0.1, 0.15) is 0 Å². The van der Waals surface area contributed by atoms with Gasteiger partial charge in [0.25, 0.3) is 0 Å². The molecule has 0 aliphatic heterocycles. The molecule has 104 valence electrons. The summed E-state index contributed by atoms with van der Waals surface area (Å²) in [7, 11) is 1.70. The van der Waals surface area contributed by atoms with Gasteiger partial charge < -0.3 is 15.3 Å². The number of amides is 2. The maximum absolute atomic E-state index is 12.1. The van der Waals surface area contributed by atoms with Gasteiger partial charge in [0.15, 0.2) is 0 Å². The molecule has 2 atom stereocenters. The van der Waals surface area contributed by atoms with Crippen LogP contribution in [0, 0.1) is 0 Å². The fourth-order valence-corrected chi connectivity index (χ4v) is 2.91. The number of halogens is 1. The molecule has 2 N–H and O–H groups in total. The number of aliphatic hydroxyl groups is 1. The molecule has 1 aliphatic rings. The summed E-state index contributed by atoms with van der Waals surface area (Å²) in [5.41, 5.74) is 2.47. The average molecular weight is 327 g/mol. The number of hydrogen-bond donors (Lipinski definition) is 2. The lowest BCUT2D eigenvalue weighted by atomic mass is 10.1. The third-order valence-corrected chi connectivity index (χ3v) is 4.50. The second-order valence-electron chi connectivity index (χ2n) is 4.99. The van der Waals surface area contributed by atoms with Crippen LogP contribution in [-0.4, -0.2) is 35.7 Å². The Hall–Kier alpha value is -1.07. The molecule has 2 rings (SSSR count). The molecular weight excluding hydrogens is 308 g/mol. The molecule has 0 saturated carbocycles. The van der Waals surface area contributed by atoms with E-state index in [9.17, 15) is 4.79 Å². The number of hydrogen-bond acceptors (Lipinski definition) is 2. The zero-order chi connectivity index (χ0) is 14.0. The molecule has 0 aromatic heterocycles. The summed E-state index contributed by atoms with van der Waals surface area (Å²) in [5.74, 6) is 0. The highest BCUT2D eigenvalue weighted by Crippen LogP contribution is 2.35. The van der Waals surface area contributed by atoms with Gasteiger partial charge in [-0.2, -0.15) is 0 Å². The van der Waals surface area contributed by atoms with Crippen molar-refractivity contribution < 1.29 is 9.90 Å². The van der Waals surface area contributed by atoms with Crippen LogP contribution in [0.3, 0.4) is 0 Å². The van der Waals surface area contributed by atoms with Crippen molar-refractivity contribution in [3.8, 4) is 0 Å². The standard InChI is InChI=1S/C14H19BrN2O2/c1-9(8-18)17(2)14(19)16-13-7-6-10-11(13)4-3-5-12(10)15/h3-5,9,13,18H,6-8H2,1-2H3,(H,16,19). The molecule has 0 heterocycles. The molecule has 1 aromatic carbocycles. The van der Waals surface area contributed by atoms with E-state index in [4.69, 9.17) is 5.11 Å². The molecule has 0 fully saturated rings. The number of nitrogens with one attached hydrogen (secondary N) is 1. The SMILES string of the molecule is CC(CO)N(C)C(=O)NC1CCc2c(Br)cccc21. The monoisotopic (exact) mass is 326 g/mol. The zero-order valence-electron chi connectivity index (χ0n) is 11.2. The summed E-state index contributed by atoms with van der Waals surface area (Å²) in [5, 5.41) is 12.1. The fraction of sp³-hybridized carbons (Fsp3) is 0.500. The molecular formula is C14H19BrN2O2. The van der Waals surface area contributed by atoms with E-state index >= 15 is 0 Å². The van der Waals surface area contributed by atoms with E-state index in [1.807, 2.05) is 19.1 Å². The minimum absolute atomic E-state index is 0.0310. The number of carbonyl (C=O) groups excluding carboxylic acids is 1. The predicted octanol–water partition coefficient (Wildman–Crippen LogP) is 2.46. The van der Waals surface area contributed by atoms with Crippen LogP contribution in [-0.2, 0) is 6.42 Å². The summed E-state index contributed by atoms with van der Waals surface area (Å²) in [4.78, 5) is 13.6. The van der Waals surface area contributed by atoms with Crippen LogP contribution in [0.5, 0.6) is 0 Å². The van der Waals surface area contributed by atoms with Crippen LogP contribution >= 0.6 is 15.9 Å². The normalized spacial score (nSPS) is 18.8. The predicted molar refractivity (Wildman–Crippen MR) is 78.0 cm³/mol. The van der Waals surface area contributed by atoms with Crippen LogP contribution in [0.25, 0.3) is 0 Å². The largest absolute Gasteiger partial charge is 0.394 e. The molecule has 0 bridgehead atoms. The van der Waals surface area contributed by atoms with E-state index in [0.717, 1.165) is 17.3 Å². The van der Waals surface area contributed by atoms with E-state index < -0.39 is 0 Å². The van der Waals surface area contributed by atoms with E-state index in [-0.39, 0.29) is 24.7 Å². The van der Waals surface area contributed by atoms with Gasteiger partial charge in [-0.3, -0.25) is 0 Å². The Morgan fingerprint density at radius 1 is 1.63 bits per heavy atom. The lowest BCUT2D eigenvalue weighted by Gasteiger charge is -2.25. The number of urea groups is 1. The Kier molecular flexibility index (Phi) is 4.47. The Morgan fingerprint density at radius 2 is 2.37 bits per heavy atom. The molecule has 2 unspecified atom stereocenters. The van der Waals surface area contributed by atoms with Crippen molar-refractivity contribution in [1.82, 2.24) is 10.2 Å². The van der Waals surface area contributed by atoms with Crippen molar-refractivity contribution in [1.29, 1.82) is 0 Å². The van der Waals surface area contributed by atoms with Crippen LogP contribution in [0.15, 0.2) is 22.7 Å². The number of fused-ring (bicyclic) bond motifs is 1. The second-order valence-corrected chi connectivity index (χ2v) is 5.85.